The highest BCUT2D eigenvalue weighted by molar-refractivity contribution is 9.11. The topological polar surface area (TPSA) is 0 Å². The molecule has 51 valence electrons. The normalized spacial score (nSPS) is 11.6. The van der Waals surface area contributed by atoms with Gasteiger partial charge in [0.05, 0.1) is 0 Å². The van der Waals surface area contributed by atoms with Crippen molar-refractivity contribution < 1.29 is 0 Å². The van der Waals surface area contributed by atoms with Gasteiger partial charge >= 0.3 is 0 Å². The van der Waals surface area contributed by atoms with Crippen LogP contribution < -0.4 is 0 Å². The summed E-state index contributed by atoms with van der Waals surface area (Å²) < 4.78 is 0. The van der Waals surface area contributed by atoms with Crippen LogP contribution in [0.1, 0.15) is 12.5 Å². The molecule has 0 aliphatic rings. The molecule has 1 rings (SSSR count). The summed E-state index contributed by atoms with van der Waals surface area (Å²) in [5.74, 6) is 0. The molecular weight excluding hydrogens is 188 g/mol. The molecule has 1 heteroatoms. The van der Waals surface area contributed by atoms with Gasteiger partial charge in [0.2, 0.25) is 0 Å². The lowest BCUT2D eigenvalue weighted by Gasteiger charge is -1.96. The van der Waals surface area contributed by atoms with E-state index in [0.717, 1.165) is 0 Å². The second-order valence-corrected chi connectivity index (χ2v) is 2.54. The minimum Gasteiger partial charge on any atom is -0.0592 e. The van der Waals surface area contributed by atoms with E-state index in [-0.39, 0.29) is 0 Å². The molecule has 0 unspecified atom stereocenters. The molecule has 0 nitrogen and oxygen atoms in total. The second kappa shape index (κ2) is 3.57. The van der Waals surface area contributed by atoms with Gasteiger partial charge in [0.1, 0.15) is 0 Å². The summed E-state index contributed by atoms with van der Waals surface area (Å²) in [7, 11) is 0. The van der Waals surface area contributed by atoms with Crippen molar-refractivity contribution in [3.63, 3.8) is 0 Å². The first kappa shape index (κ1) is 7.55. The van der Waals surface area contributed by atoms with Gasteiger partial charge in [-0.15, -0.1) is 0 Å². The van der Waals surface area contributed by atoms with Crippen LogP contribution in [0.15, 0.2) is 29.3 Å². The Bertz CT molecular complexity index is 224. The van der Waals surface area contributed by atoms with Crippen LogP contribution in [-0.2, 0) is 0 Å². The van der Waals surface area contributed by atoms with Crippen LogP contribution in [0.5, 0.6) is 0 Å². The molecule has 0 saturated carbocycles. The zero-order chi connectivity index (χ0) is 7.40. The Morgan fingerprint density at radius 1 is 1.50 bits per heavy atom. The number of hydrogen-bond acceptors (Lipinski definition) is 0. The zero-order valence-corrected chi connectivity index (χ0v) is 7.35. The summed E-state index contributed by atoms with van der Waals surface area (Å²) in [6, 6.07) is 10.9. The first-order valence-electron chi connectivity index (χ1n) is 3.08. The standard InChI is InChI=1S/C9H8Br/c1-8(7-10)9-5-3-2-4-6-9/h3-7H,1H3. The van der Waals surface area contributed by atoms with Crippen LogP contribution in [0.4, 0.5) is 0 Å². The SMILES string of the molecule is CC(=CBr)c1cc[c]cc1. The molecule has 0 bridgehead atoms. The average molecular weight is 196 g/mol. The summed E-state index contributed by atoms with van der Waals surface area (Å²) in [5, 5.41) is 0. The van der Waals surface area contributed by atoms with Crippen molar-refractivity contribution in [2.45, 2.75) is 6.92 Å². The fourth-order valence-electron chi connectivity index (χ4n) is 0.713. The maximum absolute atomic E-state index is 3.28. The summed E-state index contributed by atoms with van der Waals surface area (Å²) in [5.41, 5.74) is 2.46. The van der Waals surface area contributed by atoms with Gasteiger partial charge in [0.15, 0.2) is 0 Å². The Morgan fingerprint density at radius 3 is 2.60 bits per heavy atom. The van der Waals surface area contributed by atoms with Crippen LogP contribution in [0.2, 0.25) is 0 Å². The van der Waals surface area contributed by atoms with E-state index in [9.17, 15) is 0 Å². The molecular formula is C9H8Br. The van der Waals surface area contributed by atoms with E-state index in [1.165, 1.54) is 11.1 Å². The van der Waals surface area contributed by atoms with Crippen LogP contribution in [0.25, 0.3) is 5.57 Å². The Balaban J connectivity index is 2.96. The van der Waals surface area contributed by atoms with Crippen molar-refractivity contribution in [1.29, 1.82) is 0 Å². The van der Waals surface area contributed by atoms with E-state index in [4.69, 9.17) is 0 Å². The van der Waals surface area contributed by atoms with E-state index in [1.807, 2.05) is 29.3 Å². The minimum absolute atomic E-state index is 1.23. The maximum atomic E-state index is 3.28. The predicted molar refractivity (Wildman–Crippen MR) is 47.9 cm³/mol. The molecule has 0 N–H and O–H groups in total. The van der Waals surface area contributed by atoms with Gasteiger partial charge in [-0.2, -0.15) is 0 Å². The van der Waals surface area contributed by atoms with Gasteiger partial charge in [0.25, 0.3) is 0 Å². The third-order valence-electron chi connectivity index (χ3n) is 1.34. The maximum Gasteiger partial charge on any atom is -0.0154 e. The smallest absolute Gasteiger partial charge is 0.0154 e. The summed E-state index contributed by atoms with van der Waals surface area (Å²) in [6.07, 6.45) is 0. The fraction of sp³-hybridized carbons (Fsp3) is 0.111. The number of halogens is 1. The third kappa shape index (κ3) is 1.71. The van der Waals surface area contributed by atoms with E-state index >= 15 is 0 Å². The molecule has 10 heavy (non-hydrogen) atoms. The quantitative estimate of drug-likeness (QED) is 0.646. The first-order valence-corrected chi connectivity index (χ1v) is 3.99. The van der Waals surface area contributed by atoms with Crippen molar-refractivity contribution in [3.05, 3.63) is 40.9 Å². The predicted octanol–water partition coefficient (Wildman–Crippen LogP) is 3.24. The van der Waals surface area contributed by atoms with E-state index in [0.29, 0.717) is 0 Å². The van der Waals surface area contributed by atoms with Gasteiger partial charge in [0, 0.05) is 0 Å². The molecule has 1 radical (unpaired) electrons. The fourth-order valence-corrected chi connectivity index (χ4v) is 0.977. The minimum atomic E-state index is 1.23. The molecule has 0 heterocycles. The van der Waals surface area contributed by atoms with Crippen molar-refractivity contribution >= 4 is 21.5 Å². The summed E-state index contributed by atoms with van der Waals surface area (Å²) in [6.45, 7) is 2.06. The Hall–Kier alpha value is -0.560. The van der Waals surface area contributed by atoms with Crippen LogP contribution in [-0.4, -0.2) is 0 Å². The monoisotopic (exact) mass is 195 g/mol. The van der Waals surface area contributed by atoms with Crippen molar-refractivity contribution in [2.24, 2.45) is 0 Å². The van der Waals surface area contributed by atoms with Gasteiger partial charge < -0.3 is 0 Å². The Morgan fingerprint density at radius 2 is 2.10 bits per heavy atom. The van der Waals surface area contributed by atoms with Crippen LogP contribution in [0, 0.1) is 6.07 Å². The lowest BCUT2D eigenvalue weighted by atomic mass is 10.1. The highest BCUT2D eigenvalue weighted by Gasteiger charge is 1.89. The number of rotatable bonds is 1. The molecule has 0 saturated heterocycles. The Labute approximate surface area is 69.7 Å². The lowest BCUT2D eigenvalue weighted by Crippen LogP contribution is -1.74. The third-order valence-corrected chi connectivity index (χ3v) is 2.02. The zero-order valence-electron chi connectivity index (χ0n) is 5.76. The highest BCUT2D eigenvalue weighted by atomic mass is 79.9. The second-order valence-electron chi connectivity index (χ2n) is 2.08. The molecule has 0 amide bonds. The number of allylic oxidation sites excluding steroid dienone is 1. The van der Waals surface area contributed by atoms with Crippen LogP contribution >= 0.6 is 15.9 Å². The van der Waals surface area contributed by atoms with E-state index in [1.54, 1.807) is 0 Å². The molecule has 0 spiro atoms. The van der Waals surface area contributed by atoms with Crippen molar-refractivity contribution in [3.8, 4) is 0 Å². The molecule has 0 atom stereocenters. The van der Waals surface area contributed by atoms with Gasteiger partial charge in [-0.25, -0.2) is 0 Å². The summed E-state index contributed by atoms with van der Waals surface area (Å²) in [4.78, 5) is 1.92. The summed E-state index contributed by atoms with van der Waals surface area (Å²) >= 11 is 3.28. The Kier molecular flexibility index (Phi) is 2.69. The molecule has 0 aliphatic heterocycles. The van der Waals surface area contributed by atoms with Gasteiger partial charge in [-0.05, 0) is 29.1 Å². The molecule has 0 fully saturated rings. The highest BCUT2D eigenvalue weighted by Crippen LogP contribution is 2.13. The van der Waals surface area contributed by atoms with Gasteiger partial charge in [-0.3, -0.25) is 0 Å². The molecule has 0 aliphatic carbocycles. The van der Waals surface area contributed by atoms with E-state index < -0.39 is 0 Å². The van der Waals surface area contributed by atoms with Crippen molar-refractivity contribution in [1.82, 2.24) is 0 Å². The number of benzene rings is 1. The lowest BCUT2D eigenvalue weighted by molar-refractivity contribution is 1.57. The number of hydrogen-bond donors (Lipinski definition) is 0. The van der Waals surface area contributed by atoms with Crippen molar-refractivity contribution in [2.75, 3.05) is 0 Å². The van der Waals surface area contributed by atoms with E-state index in [2.05, 4.69) is 28.9 Å². The van der Waals surface area contributed by atoms with Crippen LogP contribution in [0.3, 0.4) is 0 Å². The average Bonchev–Trinajstić information content (AvgIpc) is 2.05. The van der Waals surface area contributed by atoms with Gasteiger partial charge in [-0.1, -0.05) is 40.2 Å². The molecule has 1 aromatic carbocycles. The molecule has 1 aromatic rings. The largest absolute Gasteiger partial charge is 0.0592 e. The molecule has 0 aromatic heterocycles. The first-order chi connectivity index (χ1) is 4.84.